The first kappa shape index (κ1) is 15.0. The van der Waals surface area contributed by atoms with Crippen LogP contribution in [-0.4, -0.2) is 29.2 Å². The van der Waals surface area contributed by atoms with Crippen molar-refractivity contribution < 1.29 is 9.47 Å². The fraction of sp³-hybridized carbons (Fsp3) is 0.368. The van der Waals surface area contributed by atoms with E-state index < -0.39 is 0 Å². The van der Waals surface area contributed by atoms with Crippen molar-refractivity contribution >= 4 is 27.4 Å². The van der Waals surface area contributed by atoms with Crippen molar-refractivity contribution in [2.24, 2.45) is 0 Å². The maximum atomic E-state index is 6.04. The van der Waals surface area contributed by atoms with Crippen LogP contribution in [0.4, 0.5) is 5.82 Å². The molecule has 0 fully saturated rings. The number of aryl methyl sites for hydroxylation is 3. The first-order valence-corrected chi connectivity index (χ1v) is 9.51. The molecule has 0 radical (unpaired) electrons. The highest BCUT2D eigenvalue weighted by molar-refractivity contribution is 7.19. The first-order chi connectivity index (χ1) is 12.3. The molecule has 5 rings (SSSR count). The van der Waals surface area contributed by atoms with Gasteiger partial charge in [-0.2, -0.15) is 0 Å². The fourth-order valence-electron chi connectivity index (χ4n) is 3.60. The Morgan fingerprint density at radius 1 is 1.20 bits per heavy atom. The zero-order valence-corrected chi connectivity index (χ0v) is 14.9. The molecule has 2 aromatic heterocycles. The summed E-state index contributed by atoms with van der Waals surface area (Å²) in [5, 5.41) is 4.70. The van der Waals surface area contributed by atoms with Gasteiger partial charge in [-0.05, 0) is 43.9 Å². The molecule has 1 atom stereocenters. The molecule has 5 nitrogen and oxygen atoms in total. The van der Waals surface area contributed by atoms with Gasteiger partial charge in [0.05, 0.1) is 11.9 Å². The van der Waals surface area contributed by atoms with Gasteiger partial charge >= 0.3 is 0 Å². The van der Waals surface area contributed by atoms with E-state index in [1.165, 1.54) is 28.7 Å². The van der Waals surface area contributed by atoms with Gasteiger partial charge in [-0.3, -0.25) is 0 Å². The molecule has 1 aromatic carbocycles. The third-order valence-electron chi connectivity index (χ3n) is 4.74. The number of thiophene rings is 1. The van der Waals surface area contributed by atoms with Gasteiger partial charge in [0, 0.05) is 4.88 Å². The predicted octanol–water partition coefficient (Wildman–Crippen LogP) is 3.74. The van der Waals surface area contributed by atoms with E-state index in [9.17, 15) is 0 Å². The van der Waals surface area contributed by atoms with Crippen molar-refractivity contribution in [2.45, 2.75) is 32.3 Å². The summed E-state index contributed by atoms with van der Waals surface area (Å²) >= 11 is 1.82. The normalized spacial score (nSPS) is 18.4. The minimum Gasteiger partial charge on any atom is -0.486 e. The maximum Gasteiger partial charge on any atom is 0.161 e. The van der Waals surface area contributed by atoms with Crippen LogP contribution < -0.4 is 14.8 Å². The third kappa shape index (κ3) is 2.61. The summed E-state index contributed by atoms with van der Waals surface area (Å²) in [6.45, 7) is 3.15. The second-order valence-corrected chi connectivity index (χ2v) is 7.62. The number of hydrogen-bond acceptors (Lipinski definition) is 6. The highest BCUT2D eigenvalue weighted by Crippen LogP contribution is 2.39. The van der Waals surface area contributed by atoms with Crippen molar-refractivity contribution in [1.82, 2.24) is 9.97 Å². The SMILES string of the molecule is Cc1nc(NC[C@H]2COc3ccccc3O2)c2c3c(sc2n1)CCC3. The number of nitrogens with one attached hydrogen (secondary N) is 1. The number of benzene rings is 1. The lowest BCUT2D eigenvalue weighted by Gasteiger charge is -2.26. The minimum absolute atomic E-state index is 0.0353. The van der Waals surface area contributed by atoms with E-state index in [0.717, 1.165) is 34.4 Å². The van der Waals surface area contributed by atoms with E-state index in [1.54, 1.807) is 0 Å². The van der Waals surface area contributed by atoms with Crippen LogP contribution in [0.2, 0.25) is 0 Å². The molecule has 3 aromatic rings. The van der Waals surface area contributed by atoms with Gasteiger partial charge in [0.15, 0.2) is 11.5 Å². The zero-order chi connectivity index (χ0) is 16.8. The molecule has 0 bridgehead atoms. The summed E-state index contributed by atoms with van der Waals surface area (Å²) in [5.74, 6) is 3.36. The third-order valence-corrected chi connectivity index (χ3v) is 5.93. The van der Waals surface area contributed by atoms with E-state index >= 15 is 0 Å². The van der Waals surface area contributed by atoms with E-state index in [-0.39, 0.29) is 6.10 Å². The molecular weight excluding hydrogens is 334 g/mol. The smallest absolute Gasteiger partial charge is 0.161 e. The van der Waals surface area contributed by atoms with Gasteiger partial charge in [-0.25, -0.2) is 9.97 Å². The van der Waals surface area contributed by atoms with Crippen LogP contribution >= 0.6 is 11.3 Å². The average Bonchev–Trinajstić information content (AvgIpc) is 3.20. The summed E-state index contributed by atoms with van der Waals surface area (Å²) in [6.07, 6.45) is 3.51. The Bertz CT molecular complexity index is 953. The number of hydrogen-bond donors (Lipinski definition) is 1. The minimum atomic E-state index is -0.0353. The summed E-state index contributed by atoms with van der Waals surface area (Å²) in [4.78, 5) is 11.9. The van der Waals surface area contributed by atoms with Gasteiger partial charge in [0.25, 0.3) is 0 Å². The Morgan fingerprint density at radius 2 is 2.08 bits per heavy atom. The second-order valence-electron chi connectivity index (χ2n) is 6.54. The lowest BCUT2D eigenvalue weighted by Crippen LogP contribution is -2.35. The average molecular weight is 353 g/mol. The van der Waals surface area contributed by atoms with Crippen LogP contribution in [0.25, 0.3) is 10.2 Å². The lowest BCUT2D eigenvalue weighted by atomic mass is 10.2. The van der Waals surface area contributed by atoms with E-state index in [1.807, 2.05) is 42.5 Å². The van der Waals surface area contributed by atoms with Crippen LogP contribution in [0.1, 0.15) is 22.7 Å². The number of para-hydroxylation sites is 2. The molecule has 0 spiro atoms. The van der Waals surface area contributed by atoms with Gasteiger partial charge in [-0.15, -0.1) is 11.3 Å². The molecule has 6 heteroatoms. The van der Waals surface area contributed by atoms with Crippen LogP contribution in [0.5, 0.6) is 11.5 Å². The van der Waals surface area contributed by atoms with Crippen molar-refractivity contribution in [3.63, 3.8) is 0 Å². The molecule has 25 heavy (non-hydrogen) atoms. The molecule has 0 saturated carbocycles. The molecule has 1 aliphatic heterocycles. The van der Waals surface area contributed by atoms with Crippen LogP contribution in [0.15, 0.2) is 24.3 Å². The molecule has 1 aliphatic carbocycles. The first-order valence-electron chi connectivity index (χ1n) is 8.69. The molecule has 3 heterocycles. The van der Waals surface area contributed by atoms with Crippen molar-refractivity contribution in [3.05, 3.63) is 40.5 Å². The number of nitrogens with zero attached hydrogens (tertiary/aromatic N) is 2. The lowest BCUT2D eigenvalue weighted by molar-refractivity contribution is 0.0997. The molecular formula is C19H19N3O2S. The van der Waals surface area contributed by atoms with Crippen molar-refractivity contribution in [3.8, 4) is 11.5 Å². The molecule has 1 N–H and O–H groups in total. The Morgan fingerprint density at radius 3 is 3.00 bits per heavy atom. The van der Waals surface area contributed by atoms with Crippen LogP contribution in [-0.2, 0) is 12.8 Å². The van der Waals surface area contributed by atoms with Gasteiger partial charge in [0.2, 0.25) is 0 Å². The highest BCUT2D eigenvalue weighted by atomic mass is 32.1. The zero-order valence-electron chi connectivity index (χ0n) is 14.0. The van der Waals surface area contributed by atoms with Crippen molar-refractivity contribution in [1.29, 1.82) is 0 Å². The summed E-state index contributed by atoms with van der Waals surface area (Å²) in [6, 6.07) is 7.80. The van der Waals surface area contributed by atoms with E-state index in [2.05, 4.69) is 15.3 Å². The predicted molar refractivity (Wildman–Crippen MR) is 99.0 cm³/mol. The Balaban J connectivity index is 1.40. The van der Waals surface area contributed by atoms with Gasteiger partial charge in [-0.1, -0.05) is 12.1 Å². The van der Waals surface area contributed by atoms with Crippen molar-refractivity contribution in [2.75, 3.05) is 18.5 Å². The Kier molecular flexibility index (Phi) is 3.52. The largest absolute Gasteiger partial charge is 0.486 e. The fourth-order valence-corrected chi connectivity index (χ4v) is 4.91. The van der Waals surface area contributed by atoms with Gasteiger partial charge < -0.3 is 14.8 Å². The van der Waals surface area contributed by atoms with Gasteiger partial charge in [0.1, 0.15) is 29.2 Å². The molecule has 2 aliphatic rings. The number of ether oxygens (including phenoxy) is 2. The summed E-state index contributed by atoms with van der Waals surface area (Å²) in [7, 11) is 0. The van der Waals surface area contributed by atoms with Crippen LogP contribution in [0.3, 0.4) is 0 Å². The monoisotopic (exact) mass is 353 g/mol. The summed E-state index contributed by atoms with van der Waals surface area (Å²) in [5.41, 5.74) is 1.44. The highest BCUT2D eigenvalue weighted by Gasteiger charge is 2.24. The second kappa shape index (κ2) is 5.88. The maximum absolute atomic E-state index is 6.04. The molecule has 0 amide bonds. The van der Waals surface area contributed by atoms with E-state index in [0.29, 0.717) is 13.2 Å². The Labute approximate surface area is 150 Å². The molecule has 0 saturated heterocycles. The topological polar surface area (TPSA) is 56.3 Å². The number of aromatic nitrogens is 2. The number of anilines is 1. The standard InChI is InChI=1S/C19H19N3O2S/c1-11-21-18(17-13-5-4-8-16(13)25-19(17)22-11)20-9-12-10-23-14-6-2-3-7-15(14)24-12/h2-3,6-7,12H,4-5,8-10H2,1H3,(H,20,21,22)/t12-/m0/s1. The quantitative estimate of drug-likeness (QED) is 0.777. The molecule has 128 valence electrons. The number of fused-ring (bicyclic) bond motifs is 4. The van der Waals surface area contributed by atoms with E-state index in [4.69, 9.17) is 9.47 Å². The Hall–Kier alpha value is -2.34. The number of rotatable bonds is 3. The summed E-state index contributed by atoms with van der Waals surface area (Å²) < 4.78 is 11.8. The van der Waals surface area contributed by atoms with Crippen LogP contribution in [0, 0.1) is 6.92 Å². The molecule has 0 unspecified atom stereocenters.